The van der Waals surface area contributed by atoms with Crippen molar-refractivity contribution in [3.8, 4) is 0 Å². The van der Waals surface area contributed by atoms with Crippen molar-refractivity contribution in [2.75, 3.05) is 40.5 Å². The number of carbonyl (C=O) groups excluding carboxylic acids is 2. The Hall–Kier alpha value is -2.48. The van der Waals surface area contributed by atoms with Gasteiger partial charge in [0.05, 0.1) is 25.3 Å². The highest BCUT2D eigenvalue weighted by molar-refractivity contribution is 7.11. The van der Waals surface area contributed by atoms with E-state index < -0.39 is 0 Å². The molecule has 0 atom stereocenters. The van der Waals surface area contributed by atoms with Crippen LogP contribution in [0.1, 0.15) is 16.0 Å². The van der Waals surface area contributed by atoms with Gasteiger partial charge in [-0.3, -0.25) is 14.5 Å². The van der Waals surface area contributed by atoms with Gasteiger partial charge in [-0.2, -0.15) is 0 Å². The fourth-order valence-electron chi connectivity index (χ4n) is 3.26. The number of benzene rings is 1. The minimum atomic E-state index is -0.272. The molecule has 0 aliphatic carbocycles. The van der Waals surface area contributed by atoms with E-state index in [2.05, 4.69) is 0 Å². The second kappa shape index (κ2) is 9.82. The first-order valence-electron chi connectivity index (χ1n) is 9.49. The first kappa shape index (κ1) is 21.2. The molecule has 0 spiro atoms. The van der Waals surface area contributed by atoms with E-state index in [1.165, 1.54) is 16.2 Å². The van der Waals surface area contributed by atoms with Crippen molar-refractivity contribution >= 4 is 28.7 Å². The number of methoxy groups -OCH3 is 2. The van der Waals surface area contributed by atoms with E-state index in [1.54, 1.807) is 14.2 Å². The zero-order valence-corrected chi connectivity index (χ0v) is 17.8. The fourth-order valence-corrected chi connectivity index (χ4v) is 4.02. The SMILES string of the molecule is COCCN(CCOC)C1=C(c2cccs2)C(=O)N(Cc2ccc(C)cc2)C1=O. The number of imide groups is 1. The number of amides is 2. The summed E-state index contributed by atoms with van der Waals surface area (Å²) < 4.78 is 10.4. The van der Waals surface area contributed by atoms with Crippen molar-refractivity contribution < 1.29 is 19.1 Å². The molecule has 7 heteroatoms. The molecule has 1 aromatic heterocycles. The number of rotatable bonds is 10. The van der Waals surface area contributed by atoms with Crippen LogP contribution >= 0.6 is 11.3 Å². The van der Waals surface area contributed by atoms with Gasteiger partial charge in [0.1, 0.15) is 5.70 Å². The van der Waals surface area contributed by atoms with Gasteiger partial charge in [-0.05, 0) is 23.9 Å². The van der Waals surface area contributed by atoms with Gasteiger partial charge in [-0.15, -0.1) is 11.3 Å². The molecule has 6 nitrogen and oxygen atoms in total. The minimum absolute atomic E-state index is 0.249. The van der Waals surface area contributed by atoms with Crippen molar-refractivity contribution in [1.82, 2.24) is 9.80 Å². The number of hydrogen-bond acceptors (Lipinski definition) is 6. The van der Waals surface area contributed by atoms with E-state index in [1.807, 2.05) is 53.6 Å². The zero-order valence-electron chi connectivity index (χ0n) is 17.0. The number of aryl methyl sites for hydroxylation is 1. The third-order valence-corrected chi connectivity index (χ3v) is 5.71. The third kappa shape index (κ3) is 4.75. The molecule has 3 rings (SSSR count). The minimum Gasteiger partial charge on any atom is -0.383 e. The van der Waals surface area contributed by atoms with Crippen LogP contribution in [0.25, 0.3) is 5.57 Å². The molecule has 0 radical (unpaired) electrons. The van der Waals surface area contributed by atoms with Gasteiger partial charge < -0.3 is 14.4 Å². The third-order valence-electron chi connectivity index (χ3n) is 4.82. The molecule has 0 bridgehead atoms. The van der Waals surface area contributed by atoms with E-state index >= 15 is 0 Å². The maximum atomic E-state index is 13.4. The topological polar surface area (TPSA) is 59.1 Å². The monoisotopic (exact) mass is 414 g/mol. The predicted octanol–water partition coefficient (Wildman–Crippen LogP) is 2.93. The molecule has 1 aliphatic rings. The standard InChI is InChI=1S/C22H26N2O4S/c1-16-6-8-17(9-7-16)15-24-21(25)19(18-5-4-14-29-18)20(22(24)26)23(10-12-27-2)11-13-28-3/h4-9,14H,10-13,15H2,1-3H3. The lowest BCUT2D eigenvalue weighted by Gasteiger charge is -2.25. The number of carbonyl (C=O) groups is 2. The Morgan fingerprint density at radius 3 is 2.17 bits per heavy atom. The Balaban J connectivity index is 1.97. The summed E-state index contributed by atoms with van der Waals surface area (Å²) in [5.41, 5.74) is 2.95. The van der Waals surface area contributed by atoms with Crippen LogP contribution in [0, 0.1) is 6.92 Å². The van der Waals surface area contributed by atoms with Crippen molar-refractivity contribution in [3.63, 3.8) is 0 Å². The molecule has 154 valence electrons. The van der Waals surface area contributed by atoms with Gasteiger partial charge in [0.25, 0.3) is 11.8 Å². The molecule has 1 aromatic carbocycles. The summed E-state index contributed by atoms with van der Waals surface area (Å²) in [5, 5.41) is 1.91. The van der Waals surface area contributed by atoms with E-state index in [0.717, 1.165) is 16.0 Å². The summed E-state index contributed by atoms with van der Waals surface area (Å²) in [4.78, 5) is 30.7. The molecule has 2 aromatic rings. The highest BCUT2D eigenvalue weighted by Crippen LogP contribution is 2.34. The van der Waals surface area contributed by atoms with Crippen molar-refractivity contribution in [2.24, 2.45) is 0 Å². The molecule has 0 unspecified atom stereocenters. The van der Waals surface area contributed by atoms with Crippen LogP contribution in [0.2, 0.25) is 0 Å². The Morgan fingerprint density at radius 1 is 0.966 bits per heavy atom. The largest absolute Gasteiger partial charge is 0.383 e. The average molecular weight is 415 g/mol. The van der Waals surface area contributed by atoms with Crippen LogP contribution in [0.4, 0.5) is 0 Å². The van der Waals surface area contributed by atoms with E-state index in [9.17, 15) is 9.59 Å². The fraction of sp³-hybridized carbons (Fsp3) is 0.364. The van der Waals surface area contributed by atoms with Gasteiger partial charge in [-0.1, -0.05) is 35.9 Å². The van der Waals surface area contributed by atoms with Gasteiger partial charge in [0.2, 0.25) is 0 Å². The summed E-state index contributed by atoms with van der Waals surface area (Å²) in [6.45, 7) is 4.16. The number of ether oxygens (including phenoxy) is 2. The van der Waals surface area contributed by atoms with E-state index in [4.69, 9.17) is 9.47 Å². The van der Waals surface area contributed by atoms with Crippen molar-refractivity contribution in [2.45, 2.75) is 13.5 Å². The van der Waals surface area contributed by atoms with Crippen molar-refractivity contribution in [1.29, 1.82) is 0 Å². The molecular weight excluding hydrogens is 388 g/mol. The summed E-state index contributed by atoms with van der Waals surface area (Å²) >= 11 is 1.46. The second-order valence-electron chi connectivity index (χ2n) is 6.86. The smallest absolute Gasteiger partial charge is 0.278 e. The molecule has 29 heavy (non-hydrogen) atoms. The van der Waals surface area contributed by atoms with Gasteiger partial charge in [0, 0.05) is 32.2 Å². The van der Waals surface area contributed by atoms with E-state index in [0.29, 0.717) is 37.6 Å². The Bertz CT molecular complexity index is 867. The number of hydrogen-bond donors (Lipinski definition) is 0. The molecule has 0 N–H and O–H groups in total. The lowest BCUT2D eigenvalue weighted by atomic mass is 10.1. The normalized spacial score (nSPS) is 14.2. The van der Waals surface area contributed by atoms with Crippen LogP contribution in [0.5, 0.6) is 0 Å². The summed E-state index contributed by atoms with van der Waals surface area (Å²) in [7, 11) is 3.24. The van der Waals surface area contributed by atoms with Gasteiger partial charge in [-0.25, -0.2) is 0 Å². The number of thiophene rings is 1. The lowest BCUT2D eigenvalue weighted by molar-refractivity contribution is -0.138. The molecule has 1 aliphatic heterocycles. The van der Waals surface area contributed by atoms with Gasteiger partial charge >= 0.3 is 0 Å². The summed E-state index contributed by atoms with van der Waals surface area (Å²) in [5.74, 6) is -0.529. The maximum Gasteiger partial charge on any atom is 0.278 e. The van der Waals surface area contributed by atoms with Crippen LogP contribution in [-0.4, -0.2) is 62.1 Å². The summed E-state index contributed by atoms with van der Waals surface area (Å²) in [6.07, 6.45) is 0. The molecule has 2 amide bonds. The maximum absolute atomic E-state index is 13.4. The summed E-state index contributed by atoms with van der Waals surface area (Å²) in [6, 6.07) is 11.6. The van der Waals surface area contributed by atoms with Crippen LogP contribution < -0.4 is 0 Å². The molecule has 0 saturated carbocycles. The molecular formula is C22H26N2O4S. The lowest BCUT2D eigenvalue weighted by Crippen LogP contribution is -2.37. The second-order valence-corrected chi connectivity index (χ2v) is 7.80. The van der Waals surface area contributed by atoms with Gasteiger partial charge in [0.15, 0.2) is 0 Å². The number of nitrogens with zero attached hydrogens (tertiary/aromatic N) is 2. The van der Waals surface area contributed by atoms with Crippen molar-refractivity contribution in [3.05, 3.63) is 63.5 Å². The Morgan fingerprint density at radius 2 is 1.62 bits per heavy atom. The Labute approximate surface area is 175 Å². The average Bonchev–Trinajstić information content (AvgIpc) is 3.32. The quantitative estimate of drug-likeness (QED) is 0.560. The predicted molar refractivity (Wildman–Crippen MR) is 113 cm³/mol. The highest BCUT2D eigenvalue weighted by atomic mass is 32.1. The van der Waals surface area contributed by atoms with Crippen LogP contribution in [0.15, 0.2) is 47.5 Å². The molecule has 0 saturated heterocycles. The molecule has 0 fully saturated rings. The Kier molecular flexibility index (Phi) is 7.19. The first-order chi connectivity index (χ1) is 14.1. The first-order valence-corrected chi connectivity index (χ1v) is 10.4. The highest BCUT2D eigenvalue weighted by Gasteiger charge is 2.41. The van der Waals surface area contributed by atoms with Crippen LogP contribution in [-0.2, 0) is 25.6 Å². The zero-order chi connectivity index (χ0) is 20.8. The van der Waals surface area contributed by atoms with E-state index in [-0.39, 0.29) is 18.4 Å². The molecule has 2 heterocycles. The van der Waals surface area contributed by atoms with Crippen LogP contribution in [0.3, 0.4) is 0 Å².